The highest BCUT2D eigenvalue weighted by molar-refractivity contribution is 5.92. The molecule has 192 valence electrons. The number of carboxylic acids is 1. The molecule has 2 aromatic carbocycles. The van der Waals surface area contributed by atoms with Gasteiger partial charge in [0, 0.05) is 18.2 Å². The Morgan fingerprint density at radius 1 is 1.16 bits per heavy atom. The third-order valence-electron chi connectivity index (χ3n) is 6.44. The number of rotatable bonds is 8. The van der Waals surface area contributed by atoms with Gasteiger partial charge in [-0.25, -0.2) is 19.7 Å². The molecule has 4 aromatic rings. The molecule has 11 heteroatoms. The van der Waals surface area contributed by atoms with Gasteiger partial charge in [-0.2, -0.15) is 13.2 Å². The van der Waals surface area contributed by atoms with Gasteiger partial charge in [0.1, 0.15) is 17.1 Å². The molecule has 5 rings (SSSR count). The molecule has 0 saturated heterocycles. The minimum absolute atomic E-state index is 0.0365. The molecule has 2 aromatic heterocycles. The highest BCUT2D eigenvalue weighted by atomic mass is 19.4. The van der Waals surface area contributed by atoms with Crippen molar-refractivity contribution in [1.82, 2.24) is 19.5 Å². The van der Waals surface area contributed by atoms with E-state index < -0.39 is 23.5 Å². The maximum absolute atomic E-state index is 13.1. The number of carboxylic acid groups (broad SMARTS) is 1. The predicted octanol–water partition coefficient (Wildman–Crippen LogP) is 5.48. The molecule has 1 fully saturated rings. The first-order chi connectivity index (χ1) is 17.6. The van der Waals surface area contributed by atoms with Gasteiger partial charge in [0.25, 0.3) is 0 Å². The average Bonchev–Trinajstić information content (AvgIpc) is 3.66. The number of methoxy groups -OCH3 is 1. The van der Waals surface area contributed by atoms with E-state index in [1.54, 1.807) is 22.8 Å². The minimum atomic E-state index is -4.44. The number of benzene rings is 2. The normalized spacial score (nSPS) is 14.5. The fraction of sp³-hybridized carbons (Fsp3) is 0.308. The molecule has 8 nitrogen and oxygen atoms in total. The molecule has 1 saturated carbocycles. The number of halogens is 3. The zero-order chi connectivity index (χ0) is 26.3. The zero-order valence-electron chi connectivity index (χ0n) is 20.1. The Labute approximate surface area is 210 Å². The quantitative estimate of drug-likeness (QED) is 0.323. The lowest BCUT2D eigenvalue weighted by Crippen LogP contribution is -2.20. The molecule has 0 bridgehead atoms. The number of nitrogens with zero attached hydrogens (tertiary/aromatic N) is 4. The van der Waals surface area contributed by atoms with Crippen molar-refractivity contribution < 1.29 is 27.8 Å². The van der Waals surface area contributed by atoms with Crippen LogP contribution in [-0.2, 0) is 12.7 Å². The molecule has 1 aliphatic carbocycles. The monoisotopic (exact) mass is 511 g/mol. The van der Waals surface area contributed by atoms with Gasteiger partial charge in [-0.3, -0.25) is 0 Å². The molecular formula is C26H24F3N5O3. The van der Waals surface area contributed by atoms with Crippen LogP contribution < -0.4 is 10.1 Å². The van der Waals surface area contributed by atoms with Gasteiger partial charge < -0.3 is 19.7 Å². The van der Waals surface area contributed by atoms with Crippen LogP contribution in [0.25, 0.3) is 22.6 Å². The van der Waals surface area contributed by atoms with Crippen LogP contribution in [-0.4, -0.2) is 43.7 Å². The van der Waals surface area contributed by atoms with Crippen molar-refractivity contribution in [3.05, 3.63) is 65.5 Å². The molecule has 0 spiro atoms. The summed E-state index contributed by atoms with van der Waals surface area (Å²) in [5, 5.41) is 13.0. The van der Waals surface area contributed by atoms with Crippen molar-refractivity contribution in [3.63, 3.8) is 0 Å². The first-order valence-corrected chi connectivity index (χ1v) is 11.7. The van der Waals surface area contributed by atoms with Gasteiger partial charge in [0.2, 0.25) is 5.82 Å². The molecule has 1 unspecified atom stereocenters. The van der Waals surface area contributed by atoms with Gasteiger partial charge >= 0.3 is 12.1 Å². The van der Waals surface area contributed by atoms with Gasteiger partial charge in [-0.15, -0.1) is 0 Å². The third-order valence-corrected chi connectivity index (χ3v) is 6.44. The van der Waals surface area contributed by atoms with Crippen LogP contribution in [0.5, 0.6) is 5.75 Å². The number of alkyl halides is 3. The van der Waals surface area contributed by atoms with E-state index in [1.165, 1.54) is 19.2 Å². The molecule has 37 heavy (non-hydrogen) atoms. The summed E-state index contributed by atoms with van der Waals surface area (Å²) in [6.45, 7) is 2.16. The van der Waals surface area contributed by atoms with E-state index in [2.05, 4.69) is 20.3 Å². The number of aromatic nitrogens is 4. The highest BCUT2D eigenvalue weighted by Crippen LogP contribution is 2.36. The summed E-state index contributed by atoms with van der Waals surface area (Å²) in [6.07, 6.45) is -2.31. The topological polar surface area (TPSA) is 102 Å². The second-order valence-corrected chi connectivity index (χ2v) is 9.09. The van der Waals surface area contributed by atoms with Crippen molar-refractivity contribution in [2.24, 2.45) is 5.92 Å². The predicted molar refractivity (Wildman–Crippen MR) is 131 cm³/mol. The van der Waals surface area contributed by atoms with E-state index in [1.807, 2.05) is 13.0 Å². The first kappa shape index (κ1) is 24.5. The van der Waals surface area contributed by atoms with Crippen LogP contribution in [0.15, 0.2) is 48.5 Å². The SMILES string of the molecule is COc1cccc(-c2nc3nc(C(=O)O)nc(NC(C)C4CC4)c3n2Cc2ccc(C(F)(F)F)cc2)c1. The van der Waals surface area contributed by atoms with E-state index in [4.69, 9.17) is 4.74 Å². The highest BCUT2D eigenvalue weighted by Gasteiger charge is 2.31. The Kier molecular flexibility index (Phi) is 6.22. The van der Waals surface area contributed by atoms with E-state index in [-0.39, 0.29) is 18.2 Å². The van der Waals surface area contributed by atoms with E-state index in [9.17, 15) is 23.1 Å². The Bertz CT molecular complexity index is 1460. The molecule has 1 atom stereocenters. The molecule has 0 amide bonds. The number of aromatic carboxylic acids is 1. The van der Waals surface area contributed by atoms with Crippen LogP contribution in [0.2, 0.25) is 0 Å². The zero-order valence-corrected chi connectivity index (χ0v) is 20.1. The summed E-state index contributed by atoms with van der Waals surface area (Å²) >= 11 is 0. The lowest BCUT2D eigenvalue weighted by atomic mass is 10.1. The summed E-state index contributed by atoms with van der Waals surface area (Å²) in [6, 6.07) is 12.1. The summed E-state index contributed by atoms with van der Waals surface area (Å²) < 4.78 is 46.5. The van der Waals surface area contributed by atoms with E-state index in [0.29, 0.717) is 40.0 Å². The molecule has 1 aliphatic rings. The van der Waals surface area contributed by atoms with E-state index >= 15 is 0 Å². The Morgan fingerprint density at radius 3 is 2.51 bits per heavy atom. The fourth-order valence-corrected chi connectivity index (χ4v) is 4.28. The maximum atomic E-state index is 13.1. The number of ether oxygens (including phenoxy) is 1. The number of nitrogens with one attached hydrogen (secondary N) is 1. The van der Waals surface area contributed by atoms with Crippen LogP contribution in [0.3, 0.4) is 0 Å². The lowest BCUT2D eigenvalue weighted by Gasteiger charge is -2.17. The van der Waals surface area contributed by atoms with Crippen molar-refractivity contribution in [1.29, 1.82) is 0 Å². The van der Waals surface area contributed by atoms with Crippen LogP contribution in [0, 0.1) is 5.92 Å². The molecule has 0 aliphatic heterocycles. The van der Waals surface area contributed by atoms with Crippen molar-refractivity contribution >= 4 is 23.0 Å². The van der Waals surface area contributed by atoms with Gasteiger partial charge in [0.05, 0.1) is 12.7 Å². The largest absolute Gasteiger partial charge is 0.497 e. The Balaban J connectivity index is 1.69. The van der Waals surface area contributed by atoms with Crippen molar-refractivity contribution in [2.75, 3.05) is 12.4 Å². The van der Waals surface area contributed by atoms with Gasteiger partial charge in [-0.05, 0) is 55.5 Å². The van der Waals surface area contributed by atoms with Gasteiger partial charge in [-0.1, -0.05) is 24.3 Å². The maximum Gasteiger partial charge on any atom is 0.416 e. The number of carbonyl (C=O) groups is 1. The summed E-state index contributed by atoms with van der Waals surface area (Å²) in [7, 11) is 1.54. The van der Waals surface area contributed by atoms with Crippen molar-refractivity contribution in [3.8, 4) is 17.1 Å². The number of hydrogen-bond donors (Lipinski definition) is 2. The number of anilines is 1. The smallest absolute Gasteiger partial charge is 0.416 e. The molecule has 2 heterocycles. The van der Waals surface area contributed by atoms with Crippen LogP contribution in [0.4, 0.5) is 19.0 Å². The second kappa shape index (κ2) is 9.38. The average molecular weight is 512 g/mol. The summed E-state index contributed by atoms with van der Waals surface area (Å²) in [5.74, 6) is 0.118. The standard InChI is InChI=1S/C26H24F3N5O3/c1-14(16-8-9-16)30-21-20-22(32-23(31-21)25(35)36)33-24(17-4-3-5-19(12-17)37-2)34(20)13-15-6-10-18(11-7-15)26(27,28)29/h3-7,10-12,14,16H,8-9,13H2,1-2H3,(H,35,36)(H,30,31,32). The number of imidazole rings is 1. The van der Waals surface area contributed by atoms with Crippen LogP contribution in [0.1, 0.15) is 41.5 Å². The minimum Gasteiger partial charge on any atom is -0.497 e. The van der Waals surface area contributed by atoms with Crippen LogP contribution >= 0.6 is 0 Å². The number of fused-ring (bicyclic) bond motifs is 1. The summed E-state index contributed by atoms with van der Waals surface area (Å²) in [5.41, 5.74) is 1.16. The van der Waals surface area contributed by atoms with E-state index in [0.717, 1.165) is 25.0 Å². The number of hydrogen-bond acceptors (Lipinski definition) is 6. The lowest BCUT2D eigenvalue weighted by molar-refractivity contribution is -0.137. The summed E-state index contributed by atoms with van der Waals surface area (Å²) in [4.78, 5) is 24.9. The third kappa shape index (κ3) is 5.07. The molecule has 0 radical (unpaired) electrons. The van der Waals surface area contributed by atoms with Crippen molar-refractivity contribution in [2.45, 2.75) is 38.5 Å². The Hall–Kier alpha value is -4.15. The Morgan fingerprint density at radius 2 is 1.89 bits per heavy atom. The molecule has 2 N–H and O–H groups in total. The fourth-order valence-electron chi connectivity index (χ4n) is 4.28. The van der Waals surface area contributed by atoms with Gasteiger partial charge in [0.15, 0.2) is 11.5 Å². The second-order valence-electron chi connectivity index (χ2n) is 9.09. The molecular weight excluding hydrogens is 487 g/mol. The first-order valence-electron chi connectivity index (χ1n) is 11.7.